The van der Waals surface area contributed by atoms with Crippen LogP contribution in [0.5, 0.6) is 17.2 Å². The molecule has 202 valence electrons. The van der Waals surface area contributed by atoms with Crippen LogP contribution in [0.25, 0.3) is 6.08 Å². The average molecular weight is 548 g/mol. The van der Waals surface area contributed by atoms with Gasteiger partial charge in [0.05, 0.1) is 38.0 Å². The number of methoxy groups -OCH3 is 3. The maximum atomic E-state index is 13.2. The molecular weight excluding hydrogens is 518 g/mol. The van der Waals surface area contributed by atoms with Gasteiger partial charge >= 0.3 is 0 Å². The summed E-state index contributed by atoms with van der Waals surface area (Å²) in [5.41, 5.74) is 2.13. The van der Waals surface area contributed by atoms with Crippen molar-refractivity contribution in [3.05, 3.63) is 83.3 Å². The van der Waals surface area contributed by atoms with Gasteiger partial charge in [0.1, 0.15) is 5.75 Å². The molecule has 1 fully saturated rings. The summed E-state index contributed by atoms with van der Waals surface area (Å²) in [4.78, 5) is 32.3. The van der Waals surface area contributed by atoms with Crippen molar-refractivity contribution in [3.63, 3.8) is 0 Å². The van der Waals surface area contributed by atoms with Gasteiger partial charge in [-0.05, 0) is 71.9 Å². The summed E-state index contributed by atoms with van der Waals surface area (Å²) in [5.74, 6) is 1.12. The molecule has 2 amide bonds. The van der Waals surface area contributed by atoms with E-state index in [9.17, 15) is 9.59 Å². The number of anilines is 1. The molecule has 1 saturated heterocycles. The van der Waals surface area contributed by atoms with Crippen LogP contribution in [0.2, 0.25) is 0 Å². The number of thioether (sulfide) groups is 1. The Kier molecular flexibility index (Phi) is 9.60. The molecule has 1 heterocycles. The molecule has 0 aliphatic carbocycles. The van der Waals surface area contributed by atoms with Crippen molar-refractivity contribution in [3.8, 4) is 17.2 Å². The molecule has 0 saturated carbocycles. The largest absolute Gasteiger partial charge is 0.497 e. The molecular formula is C29H29N3O6S. The molecule has 3 aromatic carbocycles. The van der Waals surface area contributed by atoms with Crippen molar-refractivity contribution in [2.45, 2.75) is 0 Å². The van der Waals surface area contributed by atoms with E-state index >= 15 is 0 Å². The van der Waals surface area contributed by atoms with Gasteiger partial charge in [0.25, 0.3) is 11.8 Å². The number of para-hydroxylation sites is 1. The van der Waals surface area contributed by atoms with E-state index in [2.05, 4.69) is 10.3 Å². The third kappa shape index (κ3) is 7.40. The van der Waals surface area contributed by atoms with E-state index in [1.54, 1.807) is 55.5 Å². The maximum absolute atomic E-state index is 13.2. The molecule has 0 aromatic heterocycles. The van der Waals surface area contributed by atoms with E-state index in [4.69, 9.17) is 18.9 Å². The van der Waals surface area contributed by atoms with Crippen LogP contribution in [0.15, 0.2) is 82.7 Å². The molecule has 1 aliphatic heterocycles. The minimum absolute atomic E-state index is 0.166. The molecule has 0 radical (unpaired) electrons. The van der Waals surface area contributed by atoms with Crippen LogP contribution in [-0.4, -0.2) is 63.0 Å². The molecule has 0 unspecified atom stereocenters. The maximum Gasteiger partial charge on any atom is 0.266 e. The second-order valence-corrected chi connectivity index (χ2v) is 9.27. The van der Waals surface area contributed by atoms with Crippen LogP contribution in [0.3, 0.4) is 0 Å². The van der Waals surface area contributed by atoms with E-state index in [0.717, 1.165) is 11.3 Å². The Bertz CT molecular complexity index is 1360. The Morgan fingerprint density at radius 1 is 0.974 bits per heavy atom. The first-order chi connectivity index (χ1) is 19.0. The summed E-state index contributed by atoms with van der Waals surface area (Å²) in [6.45, 7) is 0.564. The van der Waals surface area contributed by atoms with Crippen molar-refractivity contribution in [1.82, 2.24) is 4.90 Å². The summed E-state index contributed by atoms with van der Waals surface area (Å²) >= 11 is 1.29. The number of aliphatic imine (C=N–C) groups is 1. The number of hydrogen-bond donors (Lipinski definition) is 1. The zero-order valence-electron chi connectivity index (χ0n) is 21.9. The molecule has 39 heavy (non-hydrogen) atoms. The molecule has 4 rings (SSSR count). The first kappa shape index (κ1) is 27.7. The van der Waals surface area contributed by atoms with Crippen LogP contribution in [0.4, 0.5) is 11.4 Å². The van der Waals surface area contributed by atoms with Gasteiger partial charge in [-0.3, -0.25) is 14.5 Å². The normalized spacial score (nSPS) is 15.1. The summed E-state index contributed by atoms with van der Waals surface area (Å²) in [6.07, 6.45) is 1.78. The fourth-order valence-electron chi connectivity index (χ4n) is 3.64. The van der Waals surface area contributed by atoms with Gasteiger partial charge in [0.15, 0.2) is 23.3 Å². The lowest BCUT2D eigenvalue weighted by atomic mass is 10.2. The fourth-order valence-corrected chi connectivity index (χ4v) is 4.67. The minimum atomic E-state index is -0.290. The molecule has 0 atom stereocenters. The number of carbonyl (C=O) groups excluding carboxylic acids is 2. The van der Waals surface area contributed by atoms with Crippen LogP contribution < -0.4 is 19.5 Å². The first-order valence-electron chi connectivity index (χ1n) is 12.1. The summed E-state index contributed by atoms with van der Waals surface area (Å²) < 4.78 is 21.6. The van der Waals surface area contributed by atoms with Gasteiger partial charge in [0, 0.05) is 12.8 Å². The van der Waals surface area contributed by atoms with E-state index in [0.29, 0.717) is 46.1 Å². The summed E-state index contributed by atoms with van der Waals surface area (Å²) in [6, 6.07) is 21.7. The summed E-state index contributed by atoms with van der Waals surface area (Å²) in [7, 11) is 4.71. The van der Waals surface area contributed by atoms with Crippen molar-refractivity contribution >= 4 is 46.2 Å². The lowest BCUT2D eigenvalue weighted by Crippen LogP contribution is -2.32. The van der Waals surface area contributed by atoms with Gasteiger partial charge in [0.2, 0.25) is 0 Å². The van der Waals surface area contributed by atoms with Gasteiger partial charge < -0.3 is 24.3 Å². The quantitative estimate of drug-likeness (QED) is 0.339. The SMILES string of the molecule is COCCN1C(=O)/C(=C/c2ccc(OCC(=O)Nc3ccccc3)c(OC)c2)SC1=Nc1ccc(OC)cc1. The number of carbonyl (C=O) groups is 2. The number of hydrogen-bond acceptors (Lipinski definition) is 8. The summed E-state index contributed by atoms with van der Waals surface area (Å²) in [5, 5.41) is 3.33. The highest BCUT2D eigenvalue weighted by Crippen LogP contribution is 2.36. The van der Waals surface area contributed by atoms with Gasteiger partial charge in [-0.25, -0.2) is 4.99 Å². The second kappa shape index (κ2) is 13.5. The predicted octanol–water partition coefficient (Wildman–Crippen LogP) is 4.97. The topological polar surface area (TPSA) is 98.7 Å². The van der Waals surface area contributed by atoms with Gasteiger partial charge in [-0.2, -0.15) is 0 Å². The fraction of sp³-hybridized carbons (Fsp3) is 0.207. The number of ether oxygens (including phenoxy) is 4. The number of rotatable bonds is 11. The van der Waals surface area contributed by atoms with E-state index < -0.39 is 0 Å². The molecule has 10 heteroatoms. The predicted molar refractivity (Wildman–Crippen MR) is 153 cm³/mol. The number of benzene rings is 3. The molecule has 1 N–H and O–H groups in total. The highest BCUT2D eigenvalue weighted by Gasteiger charge is 2.33. The zero-order valence-corrected chi connectivity index (χ0v) is 22.7. The van der Waals surface area contributed by atoms with Crippen molar-refractivity contribution < 1.29 is 28.5 Å². The van der Waals surface area contributed by atoms with Crippen molar-refractivity contribution in [2.75, 3.05) is 46.4 Å². The second-order valence-electron chi connectivity index (χ2n) is 8.27. The van der Waals surface area contributed by atoms with Crippen molar-refractivity contribution in [2.24, 2.45) is 4.99 Å². The van der Waals surface area contributed by atoms with E-state index in [1.165, 1.54) is 18.9 Å². The van der Waals surface area contributed by atoms with E-state index in [-0.39, 0.29) is 18.4 Å². The first-order valence-corrected chi connectivity index (χ1v) is 12.9. The lowest BCUT2D eigenvalue weighted by molar-refractivity contribution is -0.122. The number of nitrogens with zero attached hydrogens (tertiary/aromatic N) is 2. The Morgan fingerprint density at radius 2 is 1.74 bits per heavy atom. The number of nitrogens with one attached hydrogen (secondary N) is 1. The third-order valence-electron chi connectivity index (χ3n) is 5.61. The van der Waals surface area contributed by atoms with Gasteiger partial charge in [-0.1, -0.05) is 24.3 Å². The lowest BCUT2D eigenvalue weighted by Gasteiger charge is -2.14. The van der Waals surface area contributed by atoms with E-state index in [1.807, 2.05) is 42.5 Å². The Hall–Kier alpha value is -4.28. The van der Waals surface area contributed by atoms with Crippen LogP contribution >= 0.6 is 11.8 Å². The molecule has 3 aromatic rings. The number of amides is 2. The third-order valence-corrected chi connectivity index (χ3v) is 6.61. The monoisotopic (exact) mass is 547 g/mol. The smallest absolute Gasteiger partial charge is 0.266 e. The van der Waals surface area contributed by atoms with Crippen LogP contribution in [0.1, 0.15) is 5.56 Å². The minimum Gasteiger partial charge on any atom is -0.497 e. The van der Waals surface area contributed by atoms with Crippen molar-refractivity contribution in [1.29, 1.82) is 0 Å². The highest BCUT2D eigenvalue weighted by atomic mass is 32.2. The standard InChI is InChI=1S/C29H29N3O6S/c1-35-16-15-32-28(34)26(39-29(32)31-22-10-12-23(36-2)13-11-22)18-20-9-14-24(25(17-20)37-3)38-19-27(33)30-21-7-5-4-6-8-21/h4-14,17-18H,15-16,19H2,1-3H3,(H,30,33)/b26-18-,31-29?. The number of amidine groups is 1. The molecule has 0 spiro atoms. The molecule has 9 nitrogen and oxygen atoms in total. The average Bonchev–Trinajstić information content (AvgIpc) is 3.24. The Labute approximate surface area is 231 Å². The Balaban J connectivity index is 1.49. The molecule has 0 bridgehead atoms. The van der Waals surface area contributed by atoms with Crippen LogP contribution in [-0.2, 0) is 14.3 Å². The zero-order chi connectivity index (χ0) is 27.6. The highest BCUT2D eigenvalue weighted by molar-refractivity contribution is 8.18. The Morgan fingerprint density at radius 3 is 2.44 bits per heavy atom. The molecule has 1 aliphatic rings. The van der Waals surface area contributed by atoms with Gasteiger partial charge in [-0.15, -0.1) is 0 Å². The van der Waals surface area contributed by atoms with Crippen LogP contribution in [0, 0.1) is 0 Å².